The van der Waals surface area contributed by atoms with Gasteiger partial charge in [-0.1, -0.05) is 0 Å². The van der Waals surface area contributed by atoms with E-state index in [1.165, 1.54) is 25.2 Å². The van der Waals surface area contributed by atoms with Crippen molar-refractivity contribution < 1.29 is 0 Å². The predicted molar refractivity (Wildman–Crippen MR) is 81.3 cm³/mol. The zero-order valence-electron chi connectivity index (χ0n) is 13.1. The lowest BCUT2D eigenvalue weighted by Crippen LogP contribution is -2.61. The van der Waals surface area contributed by atoms with Gasteiger partial charge in [0.25, 0.3) is 0 Å². The fourth-order valence-corrected chi connectivity index (χ4v) is 3.36. The number of hydrogen-bond acceptors (Lipinski definition) is 5. The summed E-state index contributed by atoms with van der Waals surface area (Å²) >= 11 is 0. The van der Waals surface area contributed by atoms with Gasteiger partial charge in [0, 0.05) is 56.6 Å². The van der Waals surface area contributed by atoms with Crippen molar-refractivity contribution in [3.8, 4) is 0 Å². The van der Waals surface area contributed by atoms with Gasteiger partial charge in [-0.25, -0.2) is 9.97 Å². The van der Waals surface area contributed by atoms with Crippen LogP contribution in [0, 0.1) is 20.8 Å². The Bertz CT molecular complexity index is 501. The molecule has 1 aromatic heterocycles. The van der Waals surface area contributed by atoms with Crippen LogP contribution in [0.15, 0.2) is 0 Å². The first-order valence-electron chi connectivity index (χ1n) is 7.54. The third kappa shape index (κ3) is 2.52. The first-order chi connectivity index (χ1) is 9.54. The fraction of sp³-hybridized carbons (Fsp3) is 0.733. The molecule has 3 heterocycles. The minimum atomic E-state index is 0.637. The second kappa shape index (κ2) is 5.30. The molecular formula is C15H25N5. The summed E-state index contributed by atoms with van der Waals surface area (Å²) in [5, 5.41) is 0. The van der Waals surface area contributed by atoms with Crippen molar-refractivity contribution in [1.29, 1.82) is 0 Å². The van der Waals surface area contributed by atoms with Crippen LogP contribution in [0.25, 0.3) is 0 Å². The lowest BCUT2D eigenvalue weighted by Gasteiger charge is -2.47. The van der Waals surface area contributed by atoms with Gasteiger partial charge in [0.2, 0.25) is 0 Å². The van der Waals surface area contributed by atoms with Crippen LogP contribution in [-0.2, 0) is 0 Å². The van der Waals surface area contributed by atoms with E-state index < -0.39 is 0 Å². The number of nitrogens with zero attached hydrogens (tertiary/aromatic N) is 5. The summed E-state index contributed by atoms with van der Waals surface area (Å²) in [5.74, 6) is 2.02. The highest BCUT2D eigenvalue weighted by atomic mass is 15.4. The molecule has 2 aliphatic rings. The minimum absolute atomic E-state index is 0.637. The van der Waals surface area contributed by atoms with E-state index >= 15 is 0 Å². The maximum atomic E-state index is 4.70. The van der Waals surface area contributed by atoms with Crippen molar-refractivity contribution >= 4 is 5.82 Å². The molecule has 0 unspecified atom stereocenters. The van der Waals surface area contributed by atoms with Crippen LogP contribution in [0.2, 0.25) is 0 Å². The van der Waals surface area contributed by atoms with E-state index in [9.17, 15) is 0 Å². The van der Waals surface area contributed by atoms with Gasteiger partial charge in [-0.2, -0.15) is 0 Å². The standard InChI is InChI=1S/C15H25N5/c1-11-12(2)16-13(3)17-15(11)20-8-7-19-6-5-18(4)9-14(19)10-20/h14H,5-10H2,1-4H3/t14-/m1/s1. The highest BCUT2D eigenvalue weighted by molar-refractivity contribution is 5.49. The molecule has 20 heavy (non-hydrogen) atoms. The molecule has 2 fully saturated rings. The van der Waals surface area contributed by atoms with Gasteiger partial charge >= 0.3 is 0 Å². The normalized spacial score (nSPS) is 24.8. The van der Waals surface area contributed by atoms with Crippen LogP contribution in [0.4, 0.5) is 5.82 Å². The lowest BCUT2D eigenvalue weighted by molar-refractivity contribution is 0.0804. The number of aromatic nitrogens is 2. The van der Waals surface area contributed by atoms with Crippen molar-refractivity contribution in [3.63, 3.8) is 0 Å². The average molecular weight is 275 g/mol. The largest absolute Gasteiger partial charge is 0.353 e. The summed E-state index contributed by atoms with van der Waals surface area (Å²) in [7, 11) is 2.22. The monoisotopic (exact) mass is 275 g/mol. The van der Waals surface area contributed by atoms with Crippen LogP contribution in [0.5, 0.6) is 0 Å². The van der Waals surface area contributed by atoms with E-state index in [-0.39, 0.29) is 0 Å². The lowest BCUT2D eigenvalue weighted by atomic mass is 10.1. The Morgan fingerprint density at radius 1 is 0.950 bits per heavy atom. The van der Waals surface area contributed by atoms with Crippen molar-refractivity contribution in [2.45, 2.75) is 26.8 Å². The van der Waals surface area contributed by atoms with Crippen LogP contribution in [0.3, 0.4) is 0 Å². The molecule has 2 aliphatic heterocycles. The van der Waals surface area contributed by atoms with E-state index in [2.05, 4.69) is 40.6 Å². The summed E-state index contributed by atoms with van der Waals surface area (Å²) in [5.41, 5.74) is 2.34. The smallest absolute Gasteiger partial charge is 0.135 e. The van der Waals surface area contributed by atoms with Crippen LogP contribution in [-0.4, -0.2) is 72.1 Å². The van der Waals surface area contributed by atoms with Crippen LogP contribution < -0.4 is 4.90 Å². The number of anilines is 1. The molecule has 0 amide bonds. The van der Waals surface area contributed by atoms with Gasteiger partial charge in [-0.15, -0.1) is 0 Å². The SMILES string of the molecule is Cc1nc(C)c(C)c(N2CCN3CCN(C)C[C@@H]3C2)n1. The first kappa shape index (κ1) is 13.8. The number of rotatable bonds is 1. The van der Waals surface area contributed by atoms with Gasteiger partial charge in [-0.3, -0.25) is 4.90 Å². The van der Waals surface area contributed by atoms with Crippen LogP contribution >= 0.6 is 0 Å². The molecule has 5 nitrogen and oxygen atoms in total. The van der Waals surface area contributed by atoms with Crippen LogP contribution in [0.1, 0.15) is 17.1 Å². The molecule has 1 atom stereocenters. The maximum Gasteiger partial charge on any atom is 0.135 e. The molecular weight excluding hydrogens is 250 g/mol. The fourth-order valence-electron chi connectivity index (χ4n) is 3.36. The van der Waals surface area contributed by atoms with Crippen molar-refractivity contribution in [2.75, 3.05) is 51.2 Å². The molecule has 0 spiro atoms. The summed E-state index contributed by atoms with van der Waals surface area (Å²) in [6, 6.07) is 0.637. The Balaban J connectivity index is 1.82. The molecule has 3 rings (SSSR count). The minimum Gasteiger partial charge on any atom is -0.353 e. The zero-order chi connectivity index (χ0) is 14.3. The van der Waals surface area contributed by atoms with Gasteiger partial charge in [0.15, 0.2) is 0 Å². The molecule has 110 valence electrons. The molecule has 0 radical (unpaired) electrons. The molecule has 0 aliphatic carbocycles. The van der Waals surface area contributed by atoms with Crippen molar-refractivity contribution in [1.82, 2.24) is 19.8 Å². The highest BCUT2D eigenvalue weighted by Crippen LogP contribution is 2.24. The predicted octanol–water partition coefficient (Wildman–Crippen LogP) is 0.838. The topological polar surface area (TPSA) is 35.5 Å². The second-order valence-corrected chi connectivity index (χ2v) is 6.20. The number of fused-ring (bicyclic) bond motifs is 1. The number of piperazine rings is 2. The molecule has 0 aromatic carbocycles. The molecule has 1 aromatic rings. The van der Waals surface area contributed by atoms with E-state index in [1.807, 2.05) is 6.92 Å². The highest BCUT2D eigenvalue weighted by Gasteiger charge is 2.32. The summed E-state index contributed by atoms with van der Waals surface area (Å²) in [6.07, 6.45) is 0. The van der Waals surface area contributed by atoms with E-state index in [0.29, 0.717) is 6.04 Å². The molecule has 2 saturated heterocycles. The molecule has 5 heteroatoms. The molecule has 0 saturated carbocycles. The second-order valence-electron chi connectivity index (χ2n) is 6.20. The van der Waals surface area contributed by atoms with Gasteiger partial charge in [0.1, 0.15) is 11.6 Å². The summed E-state index contributed by atoms with van der Waals surface area (Å²) < 4.78 is 0. The average Bonchev–Trinajstić information content (AvgIpc) is 2.42. The van der Waals surface area contributed by atoms with Gasteiger partial charge < -0.3 is 9.80 Å². The first-order valence-corrected chi connectivity index (χ1v) is 7.54. The zero-order valence-corrected chi connectivity index (χ0v) is 13.1. The van der Waals surface area contributed by atoms with E-state index in [0.717, 1.165) is 37.0 Å². The van der Waals surface area contributed by atoms with Gasteiger partial charge in [-0.05, 0) is 27.8 Å². The third-order valence-corrected chi connectivity index (χ3v) is 4.67. The van der Waals surface area contributed by atoms with Gasteiger partial charge in [0.05, 0.1) is 0 Å². The molecule has 0 bridgehead atoms. The maximum absolute atomic E-state index is 4.70. The number of hydrogen-bond donors (Lipinski definition) is 0. The Kier molecular flexibility index (Phi) is 3.65. The quantitative estimate of drug-likeness (QED) is 0.759. The Hall–Kier alpha value is -1.20. The Labute approximate surface area is 121 Å². The number of likely N-dealkylation sites (N-methyl/N-ethyl adjacent to an activating group) is 1. The Morgan fingerprint density at radius 3 is 2.50 bits per heavy atom. The summed E-state index contributed by atoms with van der Waals surface area (Å²) in [6.45, 7) is 13.1. The Morgan fingerprint density at radius 2 is 1.70 bits per heavy atom. The van der Waals surface area contributed by atoms with Crippen molar-refractivity contribution in [3.05, 3.63) is 17.1 Å². The van der Waals surface area contributed by atoms with E-state index in [4.69, 9.17) is 4.98 Å². The molecule has 0 N–H and O–H groups in total. The number of aryl methyl sites for hydroxylation is 2. The third-order valence-electron chi connectivity index (χ3n) is 4.67. The van der Waals surface area contributed by atoms with Crippen molar-refractivity contribution in [2.24, 2.45) is 0 Å². The van der Waals surface area contributed by atoms with E-state index in [1.54, 1.807) is 0 Å². The summed E-state index contributed by atoms with van der Waals surface area (Å²) in [4.78, 5) is 16.7.